The molecule has 12 heavy (non-hydrogen) atoms. The molecule has 1 aromatic heterocycles. The zero-order valence-electron chi connectivity index (χ0n) is 7.34. The van der Waals surface area contributed by atoms with E-state index in [4.69, 9.17) is 0 Å². The van der Waals surface area contributed by atoms with Crippen molar-refractivity contribution in [1.29, 1.82) is 0 Å². The maximum absolute atomic E-state index is 9.48. The summed E-state index contributed by atoms with van der Waals surface area (Å²) in [5.41, 5.74) is 2.62. The van der Waals surface area contributed by atoms with E-state index in [0.717, 1.165) is 0 Å². The van der Waals surface area contributed by atoms with Crippen LogP contribution in [-0.4, -0.2) is 5.11 Å². The number of hydrogen-bond donors (Lipinski definition) is 1. The number of aliphatic hydroxyl groups excluding tert-OH is 1. The third-order valence-electron chi connectivity index (χ3n) is 2.54. The predicted molar refractivity (Wildman–Crippen MR) is 51.6 cm³/mol. The fraction of sp³-hybridized carbons (Fsp3) is 0.600. The van der Waals surface area contributed by atoms with E-state index in [1.54, 1.807) is 0 Å². The molecule has 0 amide bonds. The Kier molecular flexibility index (Phi) is 2.20. The van der Waals surface area contributed by atoms with E-state index in [2.05, 4.69) is 5.38 Å². The number of thiophene rings is 1. The van der Waals surface area contributed by atoms with E-state index in [-0.39, 0.29) is 6.10 Å². The van der Waals surface area contributed by atoms with Gasteiger partial charge in [0.15, 0.2) is 0 Å². The fourth-order valence-electron chi connectivity index (χ4n) is 1.87. The molecule has 1 aromatic rings. The van der Waals surface area contributed by atoms with Crippen LogP contribution in [0.25, 0.3) is 0 Å². The summed E-state index contributed by atoms with van der Waals surface area (Å²) in [6.45, 7) is 1.86. The van der Waals surface area contributed by atoms with E-state index in [0.29, 0.717) is 0 Å². The van der Waals surface area contributed by atoms with E-state index >= 15 is 0 Å². The third kappa shape index (κ3) is 1.29. The van der Waals surface area contributed by atoms with Gasteiger partial charge in [-0.3, -0.25) is 0 Å². The van der Waals surface area contributed by atoms with Gasteiger partial charge >= 0.3 is 0 Å². The molecule has 0 saturated heterocycles. The Morgan fingerprint density at radius 2 is 2.17 bits per heavy atom. The van der Waals surface area contributed by atoms with Crippen LogP contribution in [0.5, 0.6) is 0 Å². The summed E-state index contributed by atoms with van der Waals surface area (Å²) >= 11 is 1.82. The van der Waals surface area contributed by atoms with Crippen LogP contribution in [0, 0.1) is 0 Å². The standard InChI is InChI=1S/C10H14OS/c1-7(11)9-6-12-10-5-3-2-4-8(9)10/h6-7,11H,2-5H2,1H3/t7-/m1/s1. The molecule has 0 bridgehead atoms. The summed E-state index contributed by atoms with van der Waals surface area (Å²) in [5, 5.41) is 11.6. The van der Waals surface area contributed by atoms with Gasteiger partial charge in [0, 0.05) is 4.88 Å². The molecule has 1 nitrogen and oxygen atoms in total. The van der Waals surface area contributed by atoms with Crippen LogP contribution >= 0.6 is 11.3 Å². The Hall–Kier alpha value is -0.340. The molecule has 0 aromatic carbocycles. The summed E-state index contributed by atoms with van der Waals surface area (Å²) < 4.78 is 0. The van der Waals surface area contributed by atoms with Gasteiger partial charge in [-0.1, -0.05) is 0 Å². The topological polar surface area (TPSA) is 20.2 Å². The summed E-state index contributed by atoms with van der Waals surface area (Å²) in [6.07, 6.45) is 4.75. The Balaban J connectivity index is 2.38. The van der Waals surface area contributed by atoms with Gasteiger partial charge < -0.3 is 5.11 Å². The van der Waals surface area contributed by atoms with Crippen molar-refractivity contribution in [3.8, 4) is 0 Å². The zero-order valence-corrected chi connectivity index (χ0v) is 8.16. The average molecular weight is 182 g/mol. The lowest BCUT2D eigenvalue weighted by atomic mass is 9.94. The maximum atomic E-state index is 9.48. The Morgan fingerprint density at radius 1 is 1.42 bits per heavy atom. The third-order valence-corrected chi connectivity index (χ3v) is 3.65. The minimum absolute atomic E-state index is 0.275. The molecule has 0 unspecified atom stereocenters. The molecule has 0 saturated carbocycles. The second-order valence-electron chi connectivity index (χ2n) is 3.48. The normalized spacial score (nSPS) is 18.8. The number of aliphatic hydroxyl groups is 1. The first-order valence-corrected chi connectivity index (χ1v) is 5.44. The first-order valence-electron chi connectivity index (χ1n) is 4.56. The lowest BCUT2D eigenvalue weighted by molar-refractivity contribution is 0.198. The van der Waals surface area contributed by atoms with Crippen LogP contribution in [0.3, 0.4) is 0 Å². The Labute approximate surface area is 77.0 Å². The number of aryl methyl sites for hydroxylation is 1. The first kappa shape index (κ1) is 8.27. The van der Waals surface area contributed by atoms with Crippen molar-refractivity contribution in [2.24, 2.45) is 0 Å². The molecule has 0 aliphatic heterocycles. The van der Waals surface area contributed by atoms with E-state index < -0.39 is 0 Å². The maximum Gasteiger partial charge on any atom is 0.0772 e. The van der Waals surface area contributed by atoms with Gasteiger partial charge in [0.1, 0.15) is 0 Å². The molecule has 2 heteroatoms. The smallest absolute Gasteiger partial charge is 0.0772 e. The molecular formula is C10H14OS. The molecule has 1 heterocycles. The van der Waals surface area contributed by atoms with Gasteiger partial charge in [-0.15, -0.1) is 11.3 Å². The SMILES string of the molecule is C[C@@H](O)c1csc2c1CCCC2. The van der Waals surface area contributed by atoms with Gasteiger partial charge in [0.2, 0.25) is 0 Å². The predicted octanol–water partition coefficient (Wildman–Crippen LogP) is 2.68. The average Bonchev–Trinajstić information content (AvgIpc) is 2.47. The molecule has 1 N–H and O–H groups in total. The molecule has 0 fully saturated rings. The quantitative estimate of drug-likeness (QED) is 0.708. The number of fused-ring (bicyclic) bond motifs is 1. The second kappa shape index (κ2) is 3.19. The van der Waals surface area contributed by atoms with Gasteiger partial charge in [0.25, 0.3) is 0 Å². The van der Waals surface area contributed by atoms with Crippen molar-refractivity contribution in [3.05, 3.63) is 21.4 Å². The van der Waals surface area contributed by atoms with Gasteiger partial charge in [-0.05, 0) is 49.1 Å². The molecule has 1 aliphatic rings. The van der Waals surface area contributed by atoms with Crippen molar-refractivity contribution in [1.82, 2.24) is 0 Å². The first-order chi connectivity index (χ1) is 5.79. The summed E-state index contributed by atoms with van der Waals surface area (Å²) in [4.78, 5) is 1.51. The molecule has 0 radical (unpaired) electrons. The van der Waals surface area contributed by atoms with Crippen LogP contribution in [0.2, 0.25) is 0 Å². The largest absolute Gasteiger partial charge is 0.389 e. The molecule has 1 aliphatic carbocycles. The highest BCUT2D eigenvalue weighted by molar-refractivity contribution is 7.10. The highest BCUT2D eigenvalue weighted by atomic mass is 32.1. The fourth-order valence-corrected chi connectivity index (χ4v) is 3.10. The van der Waals surface area contributed by atoms with Crippen molar-refractivity contribution >= 4 is 11.3 Å². The van der Waals surface area contributed by atoms with Gasteiger partial charge in [-0.2, -0.15) is 0 Å². The number of hydrogen-bond acceptors (Lipinski definition) is 2. The summed E-state index contributed by atoms with van der Waals surface area (Å²) in [5.74, 6) is 0. The van der Waals surface area contributed by atoms with Crippen LogP contribution in [0.1, 0.15) is 41.9 Å². The van der Waals surface area contributed by atoms with Crippen LogP contribution in [0.15, 0.2) is 5.38 Å². The minimum atomic E-state index is -0.275. The Bertz CT molecular complexity index is 275. The van der Waals surface area contributed by atoms with Gasteiger partial charge in [0.05, 0.1) is 6.10 Å². The lowest BCUT2D eigenvalue weighted by Gasteiger charge is -2.13. The van der Waals surface area contributed by atoms with E-state index in [1.807, 2.05) is 18.3 Å². The highest BCUT2D eigenvalue weighted by Gasteiger charge is 2.17. The van der Waals surface area contributed by atoms with Gasteiger partial charge in [-0.25, -0.2) is 0 Å². The van der Waals surface area contributed by atoms with E-state index in [1.165, 1.54) is 41.7 Å². The minimum Gasteiger partial charge on any atom is -0.389 e. The van der Waals surface area contributed by atoms with Crippen molar-refractivity contribution in [2.45, 2.75) is 38.7 Å². The molecule has 2 rings (SSSR count). The monoisotopic (exact) mass is 182 g/mol. The number of rotatable bonds is 1. The van der Waals surface area contributed by atoms with E-state index in [9.17, 15) is 5.11 Å². The zero-order chi connectivity index (χ0) is 8.55. The molecule has 0 spiro atoms. The summed E-state index contributed by atoms with van der Waals surface area (Å²) in [7, 11) is 0. The van der Waals surface area contributed by atoms with Crippen molar-refractivity contribution in [2.75, 3.05) is 0 Å². The van der Waals surface area contributed by atoms with Crippen molar-refractivity contribution in [3.63, 3.8) is 0 Å². The Morgan fingerprint density at radius 3 is 2.92 bits per heavy atom. The van der Waals surface area contributed by atoms with Crippen LogP contribution in [-0.2, 0) is 12.8 Å². The molecule has 66 valence electrons. The van der Waals surface area contributed by atoms with Crippen LogP contribution in [0.4, 0.5) is 0 Å². The lowest BCUT2D eigenvalue weighted by Crippen LogP contribution is -2.02. The van der Waals surface area contributed by atoms with Crippen molar-refractivity contribution < 1.29 is 5.11 Å². The molecular weight excluding hydrogens is 168 g/mol. The highest BCUT2D eigenvalue weighted by Crippen LogP contribution is 2.33. The summed E-state index contributed by atoms with van der Waals surface area (Å²) in [6, 6.07) is 0. The molecule has 1 atom stereocenters. The van der Waals surface area contributed by atoms with Crippen LogP contribution < -0.4 is 0 Å². The second-order valence-corrected chi connectivity index (χ2v) is 4.44.